The first-order valence-electron chi connectivity index (χ1n) is 32.1. The first-order valence-corrected chi connectivity index (χ1v) is 32.1. The lowest BCUT2D eigenvalue weighted by molar-refractivity contribution is -0.167. The van der Waals surface area contributed by atoms with E-state index in [2.05, 4.69) is 41.5 Å². The number of carbonyl (C=O) groups is 3. The third-order valence-electron chi connectivity index (χ3n) is 15.3. The molecule has 0 radical (unpaired) electrons. The first-order chi connectivity index (χ1) is 34.6. The molecule has 0 saturated heterocycles. The van der Waals surface area contributed by atoms with Gasteiger partial charge >= 0.3 is 17.9 Å². The molecule has 2 atom stereocenters. The van der Waals surface area contributed by atoms with Crippen LogP contribution in [0.5, 0.6) is 0 Å². The molecule has 0 aromatic heterocycles. The van der Waals surface area contributed by atoms with E-state index in [1.165, 1.54) is 244 Å². The summed E-state index contributed by atoms with van der Waals surface area (Å²) in [6.07, 6.45) is 61.0. The number of rotatable bonds is 58. The van der Waals surface area contributed by atoms with E-state index in [9.17, 15) is 14.4 Å². The largest absolute Gasteiger partial charge is 0.462 e. The van der Waals surface area contributed by atoms with E-state index in [1.54, 1.807) is 0 Å². The van der Waals surface area contributed by atoms with Gasteiger partial charge in [0.25, 0.3) is 0 Å². The van der Waals surface area contributed by atoms with Gasteiger partial charge in [0.1, 0.15) is 13.2 Å². The van der Waals surface area contributed by atoms with Crippen LogP contribution in [-0.2, 0) is 28.6 Å². The van der Waals surface area contributed by atoms with Gasteiger partial charge in [-0.3, -0.25) is 14.4 Å². The van der Waals surface area contributed by atoms with E-state index >= 15 is 0 Å². The van der Waals surface area contributed by atoms with Crippen molar-refractivity contribution in [3.05, 3.63) is 0 Å². The Morgan fingerprint density at radius 3 is 0.732 bits per heavy atom. The molecule has 0 aliphatic carbocycles. The van der Waals surface area contributed by atoms with Gasteiger partial charge in [0.15, 0.2) is 6.10 Å². The molecule has 0 spiro atoms. The van der Waals surface area contributed by atoms with Crippen LogP contribution in [-0.4, -0.2) is 37.2 Å². The predicted molar refractivity (Wildman–Crippen MR) is 307 cm³/mol. The lowest BCUT2D eigenvalue weighted by Crippen LogP contribution is -2.30. The number of carbonyl (C=O) groups excluding carboxylic acids is 3. The molecule has 422 valence electrons. The summed E-state index contributed by atoms with van der Waals surface area (Å²) in [6.45, 7) is 13.8. The fourth-order valence-corrected chi connectivity index (χ4v) is 10.0. The minimum Gasteiger partial charge on any atom is -0.462 e. The van der Waals surface area contributed by atoms with Crippen LogP contribution in [0.25, 0.3) is 0 Å². The van der Waals surface area contributed by atoms with E-state index in [1.807, 2.05) is 0 Å². The van der Waals surface area contributed by atoms with Crippen molar-refractivity contribution < 1.29 is 28.6 Å². The predicted octanol–water partition coefficient (Wildman–Crippen LogP) is 21.5. The van der Waals surface area contributed by atoms with E-state index < -0.39 is 6.10 Å². The van der Waals surface area contributed by atoms with E-state index in [0.29, 0.717) is 19.3 Å². The second kappa shape index (κ2) is 56.1. The SMILES string of the molecule is CCC(C)CCCCCCCCCCCCCCCCCCCCC(=O)OC[C@H](COC(=O)CCCCCCCCCCCCCCCCC(C)C)OC(=O)CCCCCCCCCCCCCC(C)C. The van der Waals surface area contributed by atoms with Gasteiger partial charge in [-0.05, 0) is 37.0 Å². The van der Waals surface area contributed by atoms with Crippen LogP contribution in [0.4, 0.5) is 0 Å². The van der Waals surface area contributed by atoms with Crippen LogP contribution in [0.2, 0.25) is 0 Å². The van der Waals surface area contributed by atoms with Crippen molar-refractivity contribution in [2.75, 3.05) is 13.2 Å². The highest BCUT2D eigenvalue weighted by Crippen LogP contribution is 2.19. The lowest BCUT2D eigenvalue weighted by Gasteiger charge is -2.18. The molecule has 0 aromatic rings. The maximum atomic E-state index is 12.9. The summed E-state index contributed by atoms with van der Waals surface area (Å²) >= 11 is 0. The maximum Gasteiger partial charge on any atom is 0.306 e. The van der Waals surface area contributed by atoms with Gasteiger partial charge in [-0.25, -0.2) is 0 Å². The van der Waals surface area contributed by atoms with E-state index in [0.717, 1.165) is 75.5 Å². The highest BCUT2D eigenvalue weighted by atomic mass is 16.6. The van der Waals surface area contributed by atoms with Crippen LogP contribution in [0.15, 0.2) is 0 Å². The molecule has 0 saturated carbocycles. The van der Waals surface area contributed by atoms with Crippen LogP contribution >= 0.6 is 0 Å². The Morgan fingerprint density at radius 1 is 0.282 bits per heavy atom. The van der Waals surface area contributed by atoms with Crippen molar-refractivity contribution in [2.24, 2.45) is 17.8 Å². The minimum absolute atomic E-state index is 0.0627. The molecule has 6 heteroatoms. The summed E-state index contributed by atoms with van der Waals surface area (Å²) in [4.78, 5) is 38.3. The molecule has 0 aliphatic rings. The molecule has 0 N–H and O–H groups in total. The van der Waals surface area contributed by atoms with Gasteiger partial charge in [-0.2, -0.15) is 0 Å². The molecule has 0 aromatic carbocycles. The Kier molecular flexibility index (Phi) is 54.9. The van der Waals surface area contributed by atoms with Gasteiger partial charge in [0, 0.05) is 19.3 Å². The number of hydrogen-bond donors (Lipinski definition) is 0. The Balaban J connectivity index is 4.25. The second-order valence-corrected chi connectivity index (χ2v) is 23.6. The lowest BCUT2D eigenvalue weighted by atomic mass is 9.99. The summed E-state index contributed by atoms with van der Waals surface area (Å²) in [5.41, 5.74) is 0. The Bertz CT molecular complexity index is 1100. The van der Waals surface area contributed by atoms with Crippen LogP contribution in [0.1, 0.15) is 363 Å². The topological polar surface area (TPSA) is 78.9 Å². The van der Waals surface area contributed by atoms with Crippen molar-refractivity contribution >= 4 is 17.9 Å². The zero-order chi connectivity index (χ0) is 51.9. The molecule has 6 nitrogen and oxygen atoms in total. The number of ether oxygens (including phenoxy) is 3. The van der Waals surface area contributed by atoms with Crippen molar-refractivity contribution in [3.63, 3.8) is 0 Å². The average Bonchev–Trinajstić information content (AvgIpc) is 3.35. The minimum atomic E-state index is -0.764. The smallest absolute Gasteiger partial charge is 0.306 e. The number of hydrogen-bond acceptors (Lipinski definition) is 6. The molecule has 1 unspecified atom stereocenters. The second-order valence-electron chi connectivity index (χ2n) is 23.6. The summed E-state index contributed by atoms with van der Waals surface area (Å²) < 4.78 is 17.0. The summed E-state index contributed by atoms with van der Waals surface area (Å²) in [6, 6.07) is 0. The highest BCUT2D eigenvalue weighted by molar-refractivity contribution is 5.71. The monoisotopic (exact) mass is 1000 g/mol. The van der Waals surface area contributed by atoms with Gasteiger partial charge in [-0.15, -0.1) is 0 Å². The van der Waals surface area contributed by atoms with Crippen LogP contribution in [0.3, 0.4) is 0 Å². The zero-order valence-electron chi connectivity index (χ0n) is 49.0. The van der Waals surface area contributed by atoms with Gasteiger partial charge in [0.2, 0.25) is 0 Å². The molecular formula is C65H126O6. The molecule has 0 fully saturated rings. The maximum absolute atomic E-state index is 12.9. The van der Waals surface area contributed by atoms with E-state index in [-0.39, 0.29) is 31.1 Å². The van der Waals surface area contributed by atoms with Crippen molar-refractivity contribution in [1.82, 2.24) is 0 Å². The van der Waals surface area contributed by atoms with Gasteiger partial charge < -0.3 is 14.2 Å². The average molecular weight is 1000 g/mol. The first kappa shape index (κ1) is 69.4. The fraction of sp³-hybridized carbons (Fsp3) is 0.954. The molecule has 0 heterocycles. The Hall–Kier alpha value is -1.59. The summed E-state index contributed by atoms with van der Waals surface area (Å²) in [5.74, 6) is 1.74. The van der Waals surface area contributed by atoms with E-state index in [4.69, 9.17) is 14.2 Å². The highest BCUT2D eigenvalue weighted by Gasteiger charge is 2.19. The quantitative estimate of drug-likeness (QED) is 0.0343. The number of unbranched alkanes of at least 4 members (excludes halogenated alkanes) is 40. The molecule has 0 rings (SSSR count). The Labute approximate surface area is 444 Å². The van der Waals surface area contributed by atoms with Crippen molar-refractivity contribution in [2.45, 2.75) is 369 Å². The fourth-order valence-electron chi connectivity index (χ4n) is 10.0. The standard InChI is InChI=1S/C65H126O6/c1-7-61(6)53-47-41-35-29-23-17-12-10-8-9-11-13-18-24-30-36-42-48-54-63(66)69-57-62(71-65(68)56-50-44-38-32-26-20-22-28-34-40-46-52-60(4)5)58-70-64(67)55-49-43-37-31-25-19-15-14-16-21-27-33-39-45-51-59(2)3/h59-62H,7-58H2,1-6H3/t61?,62-/m1/s1. The van der Waals surface area contributed by atoms with Gasteiger partial charge in [0.05, 0.1) is 0 Å². The summed E-state index contributed by atoms with van der Waals surface area (Å²) in [5, 5.41) is 0. The molecule has 71 heavy (non-hydrogen) atoms. The molecular weight excluding hydrogens is 877 g/mol. The molecule has 0 amide bonds. The molecule has 0 aliphatic heterocycles. The normalized spacial score (nSPS) is 12.5. The van der Waals surface area contributed by atoms with Crippen LogP contribution < -0.4 is 0 Å². The van der Waals surface area contributed by atoms with Crippen LogP contribution in [0, 0.1) is 17.8 Å². The third-order valence-corrected chi connectivity index (χ3v) is 15.3. The third kappa shape index (κ3) is 57.5. The van der Waals surface area contributed by atoms with Gasteiger partial charge in [-0.1, -0.05) is 324 Å². The Morgan fingerprint density at radius 2 is 0.493 bits per heavy atom. The summed E-state index contributed by atoms with van der Waals surface area (Å²) in [7, 11) is 0. The number of esters is 3. The van der Waals surface area contributed by atoms with Crippen molar-refractivity contribution in [3.8, 4) is 0 Å². The molecule has 0 bridgehead atoms. The zero-order valence-corrected chi connectivity index (χ0v) is 49.0. The van der Waals surface area contributed by atoms with Crippen molar-refractivity contribution in [1.29, 1.82) is 0 Å².